The summed E-state index contributed by atoms with van der Waals surface area (Å²) < 4.78 is 0. The van der Waals surface area contributed by atoms with Crippen molar-refractivity contribution >= 4 is 34.3 Å². The van der Waals surface area contributed by atoms with Gasteiger partial charge in [0.25, 0.3) is 0 Å². The van der Waals surface area contributed by atoms with Crippen LogP contribution in [0, 0.1) is 5.41 Å². The number of nitrogens with one attached hydrogen (secondary N) is 2. The molecule has 0 aliphatic heterocycles. The van der Waals surface area contributed by atoms with E-state index in [0.717, 1.165) is 34.1 Å². The van der Waals surface area contributed by atoms with E-state index >= 15 is 0 Å². The molecule has 3 aromatic rings. The zero-order valence-electron chi connectivity index (χ0n) is 13.3. The Morgan fingerprint density at radius 1 is 1.33 bits per heavy atom. The lowest BCUT2D eigenvalue weighted by Crippen LogP contribution is -2.17. The highest BCUT2D eigenvalue weighted by Crippen LogP contribution is 2.29. The average Bonchev–Trinajstić information content (AvgIpc) is 3.06. The summed E-state index contributed by atoms with van der Waals surface area (Å²) in [7, 11) is 1.99. The molecule has 0 aliphatic rings. The van der Waals surface area contributed by atoms with Crippen LogP contribution in [0.3, 0.4) is 0 Å². The van der Waals surface area contributed by atoms with Crippen LogP contribution in [0.1, 0.15) is 11.3 Å². The van der Waals surface area contributed by atoms with Gasteiger partial charge in [-0.2, -0.15) is 5.10 Å². The van der Waals surface area contributed by atoms with Gasteiger partial charge < -0.3 is 21.8 Å². The number of nitrogens with zero attached hydrogens (tertiary/aromatic N) is 3. The fourth-order valence-electron chi connectivity index (χ4n) is 2.62. The van der Waals surface area contributed by atoms with Crippen LogP contribution >= 0.6 is 0 Å². The maximum Gasteiger partial charge on any atom is 0.126 e. The van der Waals surface area contributed by atoms with Crippen molar-refractivity contribution in [2.75, 3.05) is 17.7 Å². The molecule has 0 spiro atoms. The zero-order chi connectivity index (χ0) is 17.1. The molecule has 0 amide bonds. The van der Waals surface area contributed by atoms with E-state index in [0.29, 0.717) is 18.1 Å². The number of benzene rings is 1. The highest BCUT2D eigenvalue weighted by molar-refractivity contribution is 5.95. The van der Waals surface area contributed by atoms with Gasteiger partial charge in [-0.25, -0.2) is 4.98 Å². The minimum Gasteiger partial charge on any atom is -0.398 e. The second kappa shape index (κ2) is 6.41. The van der Waals surface area contributed by atoms with Crippen molar-refractivity contribution in [3.63, 3.8) is 0 Å². The minimum absolute atomic E-state index is 0.445. The highest BCUT2D eigenvalue weighted by atomic mass is 15.2. The quantitative estimate of drug-likeness (QED) is 0.536. The number of nitrogens with two attached hydrogens (primary N) is 2. The number of hydrogen-bond acceptors (Lipinski definition) is 6. The minimum atomic E-state index is 0.445. The Labute approximate surface area is 139 Å². The number of aromatic nitrogens is 3. The summed E-state index contributed by atoms with van der Waals surface area (Å²) in [6.45, 7) is 0.677. The molecule has 0 bridgehead atoms. The number of anilines is 2. The number of pyridine rings is 1. The van der Waals surface area contributed by atoms with Crippen molar-refractivity contribution in [3.05, 3.63) is 53.9 Å². The third-order valence-electron chi connectivity index (χ3n) is 3.78. The standard InChI is InChI=1S/C17H19N7/c1-24(10-12-5-7-21-23-12)16-9-17(20)22-15-8-11(2-3-13(15)16)14(19)4-6-18/h2-9,18H,10,19H2,1H3,(H2,20,22)(H,21,23)/b14-4-,18-6?. The summed E-state index contributed by atoms with van der Waals surface area (Å²) in [5, 5.41) is 15.0. The number of H-pyrrole nitrogens is 1. The van der Waals surface area contributed by atoms with E-state index in [9.17, 15) is 0 Å². The van der Waals surface area contributed by atoms with Gasteiger partial charge in [-0.1, -0.05) is 12.1 Å². The zero-order valence-corrected chi connectivity index (χ0v) is 13.3. The molecule has 0 saturated heterocycles. The van der Waals surface area contributed by atoms with Gasteiger partial charge in [0.05, 0.1) is 17.8 Å². The molecule has 3 rings (SSSR count). The predicted octanol–water partition coefficient (Wildman–Crippen LogP) is 2.13. The van der Waals surface area contributed by atoms with Crippen molar-refractivity contribution in [1.29, 1.82) is 5.41 Å². The summed E-state index contributed by atoms with van der Waals surface area (Å²) in [6, 6.07) is 9.57. The van der Waals surface area contributed by atoms with E-state index in [2.05, 4.69) is 20.1 Å². The third-order valence-corrected chi connectivity index (χ3v) is 3.78. The molecule has 0 radical (unpaired) electrons. The molecule has 7 heteroatoms. The van der Waals surface area contributed by atoms with Crippen molar-refractivity contribution < 1.29 is 0 Å². The van der Waals surface area contributed by atoms with E-state index in [-0.39, 0.29) is 0 Å². The summed E-state index contributed by atoms with van der Waals surface area (Å²) in [4.78, 5) is 6.50. The number of hydrogen-bond donors (Lipinski definition) is 4. The molecule has 24 heavy (non-hydrogen) atoms. The molecule has 0 saturated carbocycles. The van der Waals surface area contributed by atoms with Gasteiger partial charge in [-0.05, 0) is 23.8 Å². The van der Waals surface area contributed by atoms with Crippen LogP contribution in [-0.2, 0) is 6.54 Å². The highest BCUT2D eigenvalue weighted by Gasteiger charge is 2.11. The lowest BCUT2D eigenvalue weighted by Gasteiger charge is -2.21. The Morgan fingerprint density at radius 2 is 2.17 bits per heavy atom. The van der Waals surface area contributed by atoms with E-state index in [4.69, 9.17) is 16.9 Å². The van der Waals surface area contributed by atoms with Crippen LogP contribution in [0.4, 0.5) is 11.5 Å². The Bertz CT molecular complexity index is 897. The van der Waals surface area contributed by atoms with E-state index in [1.165, 1.54) is 0 Å². The lowest BCUT2D eigenvalue weighted by atomic mass is 10.1. The topological polar surface area (TPSA) is 121 Å². The van der Waals surface area contributed by atoms with Gasteiger partial charge in [0, 0.05) is 42.3 Å². The van der Waals surface area contributed by atoms with Gasteiger partial charge in [-0.3, -0.25) is 5.10 Å². The van der Waals surface area contributed by atoms with E-state index < -0.39 is 0 Å². The normalized spacial score (nSPS) is 11.6. The molecule has 0 fully saturated rings. The first kappa shape index (κ1) is 15.5. The maximum atomic E-state index is 7.13. The van der Waals surface area contributed by atoms with Gasteiger partial charge in [-0.15, -0.1) is 0 Å². The summed E-state index contributed by atoms with van der Waals surface area (Å²) in [5.74, 6) is 0.445. The average molecular weight is 321 g/mol. The van der Waals surface area contributed by atoms with Gasteiger partial charge in [0.2, 0.25) is 0 Å². The van der Waals surface area contributed by atoms with Crippen molar-refractivity contribution in [2.45, 2.75) is 6.54 Å². The molecule has 7 nitrogen and oxygen atoms in total. The Morgan fingerprint density at radius 3 is 2.88 bits per heavy atom. The maximum absolute atomic E-state index is 7.13. The van der Waals surface area contributed by atoms with Crippen LogP contribution in [0.25, 0.3) is 16.6 Å². The number of aromatic amines is 1. The first-order valence-corrected chi connectivity index (χ1v) is 7.45. The Balaban J connectivity index is 2.05. The largest absolute Gasteiger partial charge is 0.398 e. The second-order valence-corrected chi connectivity index (χ2v) is 5.52. The molecule has 6 N–H and O–H groups in total. The third kappa shape index (κ3) is 3.05. The first-order chi connectivity index (χ1) is 11.6. The molecule has 0 atom stereocenters. The SMILES string of the molecule is CN(Cc1ccn[nH]1)c1cc(N)nc2cc(/C(N)=C/C=N)ccc12. The Kier molecular flexibility index (Phi) is 4.15. The lowest BCUT2D eigenvalue weighted by molar-refractivity contribution is 0.872. The van der Waals surface area contributed by atoms with Gasteiger partial charge in [0.15, 0.2) is 0 Å². The fraction of sp³-hybridized carbons (Fsp3) is 0.118. The molecule has 0 unspecified atom stereocenters. The van der Waals surface area contributed by atoms with Crippen LogP contribution in [0.5, 0.6) is 0 Å². The molecule has 2 aromatic heterocycles. The summed E-state index contributed by atoms with van der Waals surface area (Å²) >= 11 is 0. The molecule has 2 heterocycles. The second-order valence-electron chi connectivity index (χ2n) is 5.52. The van der Waals surface area contributed by atoms with Crippen molar-refractivity contribution in [1.82, 2.24) is 15.2 Å². The fourth-order valence-corrected chi connectivity index (χ4v) is 2.62. The number of nitrogen functional groups attached to an aromatic ring is 1. The number of rotatable bonds is 5. The smallest absolute Gasteiger partial charge is 0.126 e. The molecule has 122 valence electrons. The van der Waals surface area contributed by atoms with Gasteiger partial charge in [0.1, 0.15) is 5.82 Å². The van der Waals surface area contributed by atoms with E-state index in [1.807, 2.05) is 37.4 Å². The van der Waals surface area contributed by atoms with Crippen LogP contribution in [0.2, 0.25) is 0 Å². The molecular weight excluding hydrogens is 302 g/mol. The first-order valence-electron chi connectivity index (χ1n) is 7.45. The summed E-state index contributed by atoms with van der Waals surface area (Å²) in [6.07, 6.45) is 4.43. The van der Waals surface area contributed by atoms with Crippen molar-refractivity contribution in [3.8, 4) is 0 Å². The Hall–Kier alpha value is -3.35. The van der Waals surface area contributed by atoms with Crippen molar-refractivity contribution in [2.24, 2.45) is 5.73 Å². The number of fused-ring (bicyclic) bond motifs is 1. The summed E-state index contributed by atoms with van der Waals surface area (Å²) in [5.41, 5.74) is 16.0. The predicted molar refractivity (Wildman–Crippen MR) is 97.8 cm³/mol. The molecular formula is C17H19N7. The van der Waals surface area contributed by atoms with Gasteiger partial charge >= 0.3 is 0 Å². The van der Waals surface area contributed by atoms with Crippen LogP contribution < -0.4 is 16.4 Å². The monoisotopic (exact) mass is 321 g/mol. The molecule has 1 aromatic carbocycles. The number of allylic oxidation sites excluding steroid dienone is 1. The van der Waals surface area contributed by atoms with E-state index in [1.54, 1.807) is 12.3 Å². The van der Waals surface area contributed by atoms with Crippen LogP contribution in [-0.4, -0.2) is 28.4 Å². The molecule has 0 aliphatic carbocycles. The van der Waals surface area contributed by atoms with Crippen LogP contribution in [0.15, 0.2) is 42.6 Å².